The van der Waals surface area contributed by atoms with E-state index in [1.165, 1.54) is 0 Å². The quantitative estimate of drug-likeness (QED) is 0.772. The smallest absolute Gasteiger partial charge is 0.307 e. The van der Waals surface area contributed by atoms with E-state index in [0.717, 1.165) is 0 Å². The Bertz CT molecular complexity index is 367. The van der Waals surface area contributed by atoms with E-state index in [1.54, 1.807) is 37.3 Å². The maximum Gasteiger partial charge on any atom is 0.307 e. The second-order valence-electron chi connectivity index (χ2n) is 3.12. The van der Waals surface area contributed by atoms with Crippen LogP contribution in [0.1, 0.15) is 18.9 Å². The van der Waals surface area contributed by atoms with Crippen LogP contribution in [0, 0.1) is 0 Å². The predicted molar refractivity (Wildman–Crippen MR) is 54.0 cm³/mol. The zero-order valence-electron chi connectivity index (χ0n) is 7.90. The number of phenolic OH excluding ortho intramolecular Hbond substituents is 1. The van der Waals surface area contributed by atoms with E-state index >= 15 is 0 Å². The number of carboxylic acids is 1. The van der Waals surface area contributed by atoms with Gasteiger partial charge in [0.2, 0.25) is 0 Å². The maximum absolute atomic E-state index is 10.4. The molecule has 0 amide bonds. The van der Waals surface area contributed by atoms with E-state index in [9.17, 15) is 9.90 Å². The first-order valence-corrected chi connectivity index (χ1v) is 4.26. The van der Waals surface area contributed by atoms with Crippen LogP contribution in [-0.4, -0.2) is 16.2 Å². The Kier molecular flexibility index (Phi) is 3.29. The molecule has 0 atom stereocenters. The van der Waals surface area contributed by atoms with Gasteiger partial charge in [-0.05, 0) is 13.0 Å². The monoisotopic (exact) mass is 192 g/mol. The van der Waals surface area contributed by atoms with Gasteiger partial charge in [-0.15, -0.1) is 0 Å². The normalized spacial score (nSPS) is 11.4. The molecule has 1 aromatic carbocycles. The van der Waals surface area contributed by atoms with Gasteiger partial charge in [-0.3, -0.25) is 4.79 Å². The van der Waals surface area contributed by atoms with Crippen molar-refractivity contribution in [1.29, 1.82) is 0 Å². The van der Waals surface area contributed by atoms with E-state index in [4.69, 9.17) is 5.11 Å². The van der Waals surface area contributed by atoms with E-state index in [0.29, 0.717) is 11.1 Å². The number of aliphatic carboxylic acids is 1. The van der Waals surface area contributed by atoms with Crippen molar-refractivity contribution < 1.29 is 15.0 Å². The largest absolute Gasteiger partial charge is 0.507 e. The van der Waals surface area contributed by atoms with Crippen LogP contribution < -0.4 is 0 Å². The minimum atomic E-state index is -0.867. The maximum atomic E-state index is 10.4. The molecule has 0 unspecified atom stereocenters. The lowest BCUT2D eigenvalue weighted by molar-refractivity contribution is -0.136. The number of carboxylic acid groups (broad SMARTS) is 1. The molecular weight excluding hydrogens is 180 g/mol. The summed E-state index contributed by atoms with van der Waals surface area (Å²) in [5, 5.41) is 17.9. The number of rotatable bonds is 3. The summed E-state index contributed by atoms with van der Waals surface area (Å²) >= 11 is 0. The molecular formula is C11H12O3. The van der Waals surface area contributed by atoms with Gasteiger partial charge in [0, 0.05) is 5.56 Å². The molecule has 0 radical (unpaired) electrons. The third-order valence-corrected chi connectivity index (χ3v) is 1.77. The molecule has 1 aromatic rings. The van der Waals surface area contributed by atoms with Gasteiger partial charge < -0.3 is 10.2 Å². The highest BCUT2D eigenvalue weighted by molar-refractivity contribution is 5.73. The third kappa shape index (κ3) is 2.94. The molecule has 2 N–H and O–H groups in total. The van der Waals surface area contributed by atoms with Gasteiger partial charge >= 0.3 is 5.97 Å². The topological polar surface area (TPSA) is 57.5 Å². The summed E-state index contributed by atoms with van der Waals surface area (Å²) in [7, 11) is 0. The summed E-state index contributed by atoms with van der Waals surface area (Å²) in [5.41, 5.74) is 1.35. The molecule has 0 bridgehead atoms. The van der Waals surface area contributed by atoms with Gasteiger partial charge in [0.05, 0.1) is 6.42 Å². The number of para-hydroxylation sites is 1. The molecule has 0 aliphatic rings. The first kappa shape index (κ1) is 10.3. The number of benzene rings is 1. The summed E-state index contributed by atoms with van der Waals surface area (Å²) in [6.45, 7) is 1.72. The number of hydrogen-bond acceptors (Lipinski definition) is 2. The van der Waals surface area contributed by atoms with Gasteiger partial charge in [0.15, 0.2) is 0 Å². The lowest BCUT2D eigenvalue weighted by Crippen LogP contribution is -1.94. The van der Waals surface area contributed by atoms with Gasteiger partial charge in [-0.25, -0.2) is 0 Å². The summed E-state index contributed by atoms with van der Waals surface area (Å²) in [4.78, 5) is 10.4. The molecule has 3 heteroatoms. The zero-order chi connectivity index (χ0) is 10.6. The number of aromatic hydroxyl groups is 1. The highest BCUT2D eigenvalue weighted by Crippen LogP contribution is 2.19. The van der Waals surface area contributed by atoms with E-state index in [2.05, 4.69) is 0 Å². The molecule has 3 nitrogen and oxygen atoms in total. The average molecular weight is 192 g/mol. The fraction of sp³-hybridized carbons (Fsp3) is 0.182. The summed E-state index contributed by atoms with van der Waals surface area (Å²) < 4.78 is 0. The van der Waals surface area contributed by atoms with Crippen LogP contribution in [0.25, 0.3) is 6.08 Å². The molecule has 0 heterocycles. The van der Waals surface area contributed by atoms with Crippen molar-refractivity contribution >= 4 is 12.0 Å². The Balaban J connectivity index is 2.86. The molecule has 1 rings (SSSR count). The molecule has 0 fully saturated rings. The standard InChI is InChI=1S/C11H12O3/c1-8(7-11(13)14)6-9-4-2-3-5-10(9)12/h2-6,12H,7H2,1H3,(H,13,14)/b8-6+. The lowest BCUT2D eigenvalue weighted by Gasteiger charge is -2.00. The Morgan fingerprint density at radius 1 is 1.43 bits per heavy atom. The Morgan fingerprint density at radius 2 is 2.07 bits per heavy atom. The van der Waals surface area contributed by atoms with Crippen molar-refractivity contribution in [2.24, 2.45) is 0 Å². The molecule has 0 aliphatic heterocycles. The van der Waals surface area contributed by atoms with Crippen molar-refractivity contribution in [3.63, 3.8) is 0 Å². The second kappa shape index (κ2) is 4.46. The minimum absolute atomic E-state index is 0.00562. The summed E-state index contributed by atoms with van der Waals surface area (Å²) in [6, 6.07) is 6.82. The van der Waals surface area contributed by atoms with Crippen LogP contribution in [0.15, 0.2) is 29.8 Å². The van der Waals surface area contributed by atoms with E-state index in [1.807, 2.05) is 0 Å². The van der Waals surface area contributed by atoms with E-state index < -0.39 is 5.97 Å². The van der Waals surface area contributed by atoms with Crippen molar-refractivity contribution in [2.75, 3.05) is 0 Å². The van der Waals surface area contributed by atoms with Gasteiger partial charge in [0.1, 0.15) is 5.75 Å². The average Bonchev–Trinajstić information content (AvgIpc) is 2.07. The summed E-state index contributed by atoms with van der Waals surface area (Å²) in [5.74, 6) is -0.702. The van der Waals surface area contributed by atoms with Crippen LogP contribution in [0.4, 0.5) is 0 Å². The molecule has 74 valence electrons. The molecule has 0 spiro atoms. The Hall–Kier alpha value is -1.77. The van der Waals surface area contributed by atoms with Crippen molar-refractivity contribution in [2.45, 2.75) is 13.3 Å². The highest BCUT2D eigenvalue weighted by atomic mass is 16.4. The van der Waals surface area contributed by atoms with E-state index in [-0.39, 0.29) is 12.2 Å². The van der Waals surface area contributed by atoms with Crippen LogP contribution in [0.3, 0.4) is 0 Å². The predicted octanol–water partition coefficient (Wildman–Crippen LogP) is 2.27. The Labute approximate surface area is 82.3 Å². The minimum Gasteiger partial charge on any atom is -0.507 e. The number of carbonyl (C=O) groups is 1. The number of hydrogen-bond donors (Lipinski definition) is 2. The van der Waals surface area contributed by atoms with Crippen molar-refractivity contribution in [3.8, 4) is 5.75 Å². The van der Waals surface area contributed by atoms with Crippen LogP contribution in [-0.2, 0) is 4.79 Å². The van der Waals surface area contributed by atoms with Gasteiger partial charge in [-0.1, -0.05) is 29.8 Å². The molecule has 0 saturated carbocycles. The Morgan fingerprint density at radius 3 is 2.64 bits per heavy atom. The van der Waals surface area contributed by atoms with Gasteiger partial charge in [0.25, 0.3) is 0 Å². The second-order valence-corrected chi connectivity index (χ2v) is 3.12. The van der Waals surface area contributed by atoms with Crippen LogP contribution in [0.5, 0.6) is 5.75 Å². The first-order valence-electron chi connectivity index (χ1n) is 4.26. The SMILES string of the molecule is C/C(=C\c1ccccc1O)CC(=O)O. The first-order chi connectivity index (χ1) is 6.59. The fourth-order valence-corrected chi connectivity index (χ4v) is 1.16. The third-order valence-electron chi connectivity index (χ3n) is 1.77. The molecule has 0 aliphatic carbocycles. The van der Waals surface area contributed by atoms with Gasteiger partial charge in [-0.2, -0.15) is 0 Å². The molecule has 0 aromatic heterocycles. The lowest BCUT2D eigenvalue weighted by atomic mass is 10.1. The van der Waals surface area contributed by atoms with Crippen LogP contribution >= 0.6 is 0 Å². The molecule has 0 saturated heterocycles. The highest BCUT2D eigenvalue weighted by Gasteiger charge is 2.00. The fourth-order valence-electron chi connectivity index (χ4n) is 1.16. The summed E-state index contributed by atoms with van der Waals surface area (Å²) in [6.07, 6.45) is 1.66. The van der Waals surface area contributed by atoms with Crippen LogP contribution in [0.2, 0.25) is 0 Å². The van der Waals surface area contributed by atoms with Crippen molar-refractivity contribution in [1.82, 2.24) is 0 Å². The number of phenols is 1. The van der Waals surface area contributed by atoms with Crippen molar-refractivity contribution in [3.05, 3.63) is 35.4 Å². The zero-order valence-corrected chi connectivity index (χ0v) is 7.90. The molecule has 14 heavy (non-hydrogen) atoms.